The van der Waals surface area contributed by atoms with Crippen molar-refractivity contribution in [2.24, 2.45) is 0 Å². The van der Waals surface area contributed by atoms with Crippen LogP contribution in [0.15, 0.2) is 30.6 Å². The van der Waals surface area contributed by atoms with Crippen LogP contribution >= 0.6 is 0 Å². The van der Waals surface area contributed by atoms with Crippen LogP contribution in [0, 0.1) is 0 Å². The third kappa shape index (κ3) is 2.04. The lowest BCUT2D eigenvalue weighted by atomic mass is 10.3. The monoisotopic (exact) mass is 218 g/mol. The zero-order chi connectivity index (χ0) is 11.4. The molecule has 0 spiro atoms. The van der Waals surface area contributed by atoms with E-state index in [-0.39, 0.29) is 0 Å². The smallest absolute Gasteiger partial charge is 0.146 e. The molecule has 0 radical (unpaired) electrons. The Hall–Kier alpha value is -1.88. The van der Waals surface area contributed by atoms with Gasteiger partial charge in [-0.15, -0.1) is 0 Å². The third-order valence-electron chi connectivity index (χ3n) is 2.27. The fraction of sp³-hybridized carbons (Fsp3) is 0.273. The summed E-state index contributed by atoms with van der Waals surface area (Å²) in [6.07, 6.45) is 1.55. The maximum Gasteiger partial charge on any atom is 0.146 e. The summed E-state index contributed by atoms with van der Waals surface area (Å²) in [6, 6.07) is 7.71. The number of hydrogen-bond acceptors (Lipinski definition) is 4. The molecule has 0 aliphatic heterocycles. The van der Waals surface area contributed by atoms with E-state index in [1.165, 1.54) is 0 Å². The second-order valence-electron chi connectivity index (χ2n) is 3.32. The Morgan fingerprint density at radius 1 is 1.31 bits per heavy atom. The lowest BCUT2D eigenvalue weighted by Gasteiger charge is -2.06. The highest BCUT2D eigenvalue weighted by atomic mass is 16.5. The van der Waals surface area contributed by atoms with E-state index in [0.717, 1.165) is 17.3 Å². The highest BCUT2D eigenvalue weighted by Gasteiger charge is 2.05. The minimum Gasteiger partial charge on any atom is -0.497 e. The van der Waals surface area contributed by atoms with Crippen molar-refractivity contribution in [3.05, 3.63) is 36.4 Å². The number of aromatic nitrogens is 3. The first-order valence-corrected chi connectivity index (χ1v) is 5.03. The van der Waals surface area contributed by atoms with E-state index < -0.39 is 0 Å². The lowest BCUT2D eigenvalue weighted by molar-refractivity contribution is 0.414. The molecule has 1 heterocycles. The lowest BCUT2D eigenvalue weighted by Crippen LogP contribution is -2.12. The zero-order valence-corrected chi connectivity index (χ0v) is 9.34. The normalized spacial score (nSPS) is 10.4. The number of ether oxygens (including phenoxy) is 1. The molecular formula is C11H14N4O. The number of methoxy groups -OCH3 is 1. The maximum absolute atomic E-state index is 5.11. The predicted octanol–water partition coefficient (Wildman–Crippen LogP) is 0.995. The van der Waals surface area contributed by atoms with E-state index in [0.29, 0.717) is 6.54 Å². The Kier molecular flexibility index (Phi) is 3.16. The fourth-order valence-electron chi connectivity index (χ4n) is 1.48. The summed E-state index contributed by atoms with van der Waals surface area (Å²) >= 11 is 0. The first-order valence-electron chi connectivity index (χ1n) is 5.03. The predicted molar refractivity (Wildman–Crippen MR) is 60.7 cm³/mol. The van der Waals surface area contributed by atoms with Crippen molar-refractivity contribution in [1.29, 1.82) is 0 Å². The molecule has 0 bridgehead atoms. The number of rotatable bonds is 4. The first kappa shape index (κ1) is 10.6. The quantitative estimate of drug-likeness (QED) is 0.831. The summed E-state index contributed by atoms with van der Waals surface area (Å²) in [5.74, 6) is 1.71. The average Bonchev–Trinajstić information content (AvgIpc) is 2.78. The van der Waals surface area contributed by atoms with Gasteiger partial charge in [-0.05, 0) is 31.3 Å². The summed E-state index contributed by atoms with van der Waals surface area (Å²) in [5, 5.41) is 7.24. The van der Waals surface area contributed by atoms with Gasteiger partial charge in [0.05, 0.1) is 19.3 Å². The van der Waals surface area contributed by atoms with Gasteiger partial charge in [-0.25, -0.2) is 9.67 Å². The van der Waals surface area contributed by atoms with Crippen molar-refractivity contribution < 1.29 is 4.74 Å². The molecular weight excluding hydrogens is 204 g/mol. The number of hydrogen-bond donors (Lipinski definition) is 1. The maximum atomic E-state index is 5.11. The molecule has 1 aromatic carbocycles. The molecule has 0 aliphatic rings. The van der Waals surface area contributed by atoms with Gasteiger partial charge in [0.2, 0.25) is 0 Å². The van der Waals surface area contributed by atoms with Crippen LogP contribution in [0.4, 0.5) is 0 Å². The van der Waals surface area contributed by atoms with Crippen molar-refractivity contribution in [3.63, 3.8) is 0 Å². The molecule has 2 aromatic rings. The number of nitrogens with zero attached hydrogens (tertiary/aromatic N) is 3. The van der Waals surface area contributed by atoms with Crippen LogP contribution in [0.1, 0.15) is 5.82 Å². The third-order valence-corrected chi connectivity index (χ3v) is 2.27. The van der Waals surface area contributed by atoms with Crippen molar-refractivity contribution in [3.8, 4) is 11.4 Å². The van der Waals surface area contributed by atoms with Gasteiger partial charge < -0.3 is 10.1 Å². The molecule has 0 aliphatic carbocycles. The van der Waals surface area contributed by atoms with Gasteiger partial charge in [-0.2, -0.15) is 5.10 Å². The molecule has 0 saturated heterocycles. The Bertz CT molecular complexity index is 449. The second-order valence-corrected chi connectivity index (χ2v) is 3.32. The summed E-state index contributed by atoms with van der Waals surface area (Å²) in [7, 11) is 3.53. The molecule has 0 atom stereocenters. The Balaban J connectivity index is 2.31. The Morgan fingerprint density at radius 3 is 2.69 bits per heavy atom. The van der Waals surface area contributed by atoms with Gasteiger partial charge in [-0.3, -0.25) is 0 Å². The van der Waals surface area contributed by atoms with E-state index in [1.54, 1.807) is 18.1 Å². The Labute approximate surface area is 94.1 Å². The topological polar surface area (TPSA) is 52.0 Å². The van der Waals surface area contributed by atoms with Crippen LogP contribution in [-0.2, 0) is 6.54 Å². The summed E-state index contributed by atoms with van der Waals surface area (Å²) in [6.45, 7) is 0.687. The number of benzene rings is 1. The van der Waals surface area contributed by atoms with Crippen molar-refractivity contribution >= 4 is 0 Å². The first-order chi connectivity index (χ1) is 7.85. The van der Waals surface area contributed by atoms with Crippen molar-refractivity contribution in [2.45, 2.75) is 6.54 Å². The summed E-state index contributed by atoms with van der Waals surface area (Å²) < 4.78 is 6.91. The second kappa shape index (κ2) is 4.76. The molecule has 0 unspecified atom stereocenters. The average molecular weight is 218 g/mol. The molecule has 0 saturated carbocycles. The van der Waals surface area contributed by atoms with E-state index >= 15 is 0 Å². The number of nitrogens with one attached hydrogen (secondary N) is 1. The largest absolute Gasteiger partial charge is 0.497 e. The Morgan fingerprint density at radius 2 is 2.06 bits per heavy atom. The summed E-state index contributed by atoms with van der Waals surface area (Å²) in [5.41, 5.74) is 0.976. The molecule has 1 aromatic heterocycles. The summed E-state index contributed by atoms with van der Waals surface area (Å²) in [4.78, 5) is 4.18. The van der Waals surface area contributed by atoms with E-state index in [1.807, 2.05) is 31.3 Å². The standard InChI is InChI=1S/C11H14N4O/c1-12-7-11-13-8-14-15(11)9-3-5-10(16-2)6-4-9/h3-6,8,12H,7H2,1-2H3. The van der Waals surface area contributed by atoms with E-state index in [2.05, 4.69) is 15.4 Å². The van der Waals surface area contributed by atoms with Crippen molar-refractivity contribution in [2.75, 3.05) is 14.2 Å². The van der Waals surface area contributed by atoms with Gasteiger partial charge in [0.15, 0.2) is 0 Å². The van der Waals surface area contributed by atoms with Crippen LogP contribution in [0.25, 0.3) is 5.69 Å². The van der Waals surface area contributed by atoms with Crippen LogP contribution in [0.5, 0.6) is 5.75 Å². The molecule has 16 heavy (non-hydrogen) atoms. The van der Waals surface area contributed by atoms with E-state index in [9.17, 15) is 0 Å². The van der Waals surface area contributed by atoms with E-state index in [4.69, 9.17) is 4.74 Å². The van der Waals surface area contributed by atoms with Crippen LogP contribution in [-0.4, -0.2) is 28.9 Å². The van der Waals surface area contributed by atoms with Crippen LogP contribution in [0.3, 0.4) is 0 Å². The molecule has 2 rings (SSSR count). The van der Waals surface area contributed by atoms with Gasteiger partial charge in [0, 0.05) is 0 Å². The minimum atomic E-state index is 0.687. The van der Waals surface area contributed by atoms with Crippen molar-refractivity contribution in [1.82, 2.24) is 20.1 Å². The molecule has 1 N–H and O–H groups in total. The fourth-order valence-corrected chi connectivity index (χ4v) is 1.48. The zero-order valence-electron chi connectivity index (χ0n) is 9.34. The van der Waals surface area contributed by atoms with Gasteiger partial charge in [0.25, 0.3) is 0 Å². The van der Waals surface area contributed by atoms with Gasteiger partial charge in [0.1, 0.15) is 17.9 Å². The molecule has 5 heteroatoms. The molecule has 5 nitrogen and oxygen atoms in total. The molecule has 0 fully saturated rings. The SMILES string of the molecule is CNCc1ncnn1-c1ccc(OC)cc1. The highest BCUT2D eigenvalue weighted by molar-refractivity contribution is 5.37. The molecule has 84 valence electrons. The minimum absolute atomic E-state index is 0.687. The highest BCUT2D eigenvalue weighted by Crippen LogP contribution is 2.14. The van der Waals surface area contributed by atoms with Crippen LogP contribution in [0.2, 0.25) is 0 Å². The van der Waals surface area contributed by atoms with Crippen LogP contribution < -0.4 is 10.1 Å². The van der Waals surface area contributed by atoms with Gasteiger partial charge >= 0.3 is 0 Å². The molecule has 0 amide bonds. The van der Waals surface area contributed by atoms with Gasteiger partial charge in [-0.1, -0.05) is 0 Å².